The summed E-state index contributed by atoms with van der Waals surface area (Å²) in [5.74, 6) is 0. The van der Waals surface area contributed by atoms with Gasteiger partial charge in [0, 0.05) is 48.2 Å². The number of thiophene rings is 1. The van der Waals surface area contributed by atoms with E-state index >= 15 is 0 Å². The highest BCUT2D eigenvalue weighted by molar-refractivity contribution is 7.15. The highest BCUT2D eigenvalue weighted by Crippen LogP contribution is 2.37. The van der Waals surface area contributed by atoms with Gasteiger partial charge < -0.3 is 4.90 Å². The normalized spacial score (nSPS) is 15.7. The van der Waals surface area contributed by atoms with Crippen LogP contribution in [0.5, 0.6) is 0 Å². The number of alkyl halides is 3. The molecule has 1 saturated heterocycles. The fraction of sp³-hybridized carbons (Fsp3) is 0.273. The van der Waals surface area contributed by atoms with Crippen LogP contribution in [0, 0.1) is 0 Å². The molecule has 1 aliphatic heterocycles. The first-order valence-electron chi connectivity index (χ1n) is 9.38. The minimum Gasteiger partial charge on any atom is -0.369 e. The number of hydrogen-bond donors (Lipinski definition) is 0. The molecule has 29 heavy (non-hydrogen) atoms. The summed E-state index contributed by atoms with van der Waals surface area (Å²) in [7, 11) is 0. The Kier molecular flexibility index (Phi) is 5.86. The van der Waals surface area contributed by atoms with E-state index in [2.05, 4.69) is 29.2 Å². The molecule has 0 N–H and O–H groups in total. The van der Waals surface area contributed by atoms with Crippen molar-refractivity contribution in [1.29, 1.82) is 0 Å². The summed E-state index contributed by atoms with van der Waals surface area (Å²) in [5, 5.41) is -0.258. The molecule has 0 atom stereocenters. The average Bonchev–Trinajstić information content (AvgIpc) is 3.17. The molecule has 3 aromatic rings. The number of rotatable bonds is 4. The van der Waals surface area contributed by atoms with Gasteiger partial charge in [0.25, 0.3) is 0 Å². The van der Waals surface area contributed by atoms with Gasteiger partial charge in [0.15, 0.2) is 0 Å². The second-order valence-corrected chi connectivity index (χ2v) is 8.63. The van der Waals surface area contributed by atoms with Gasteiger partial charge in [0.1, 0.15) is 0 Å². The molecule has 0 saturated carbocycles. The predicted octanol–water partition coefficient (Wildman–Crippen LogP) is 6.41. The third-order valence-corrected chi connectivity index (χ3v) is 6.54. The lowest BCUT2D eigenvalue weighted by atomic mass is 10.1. The van der Waals surface area contributed by atoms with E-state index in [1.807, 2.05) is 23.1 Å². The van der Waals surface area contributed by atoms with E-state index in [0.717, 1.165) is 25.7 Å². The molecule has 2 heterocycles. The van der Waals surface area contributed by atoms with Crippen LogP contribution in [0.1, 0.15) is 10.4 Å². The van der Waals surface area contributed by atoms with Crippen molar-refractivity contribution in [3.8, 4) is 10.4 Å². The van der Waals surface area contributed by atoms with Gasteiger partial charge in [-0.05, 0) is 35.9 Å². The number of hydrogen-bond acceptors (Lipinski definition) is 3. The average molecular weight is 437 g/mol. The Labute approximate surface area is 177 Å². The first-order chi connectivity index (χ1) is 13.9. The summed E-state index contributed by atoms with van der Waals surface area (Å²) in [6.45, 7) is 3.86. The second-order valence-electron chi connectivity index (χ2n) is 7.06. The Hall–Kier alpha value is -2.02. The van der Waals surface area contributed by atoms with Crippen LogP contribution in [0.15, 0.2) is 60.7 Å². The third kappa shape index (κ3) is 4.77. The van der Waals surface area contributed by atoms with Crippen molar-refractivity contribution in [1.82, 2.24) is 4.90 Å². The largest absolute Gasteiger partial charge is 0.417 e. The zero-order valence-electron chi connectivity index (χ0n) is 15.6. The van der Waals surface area contributed by atoms with E-state index < -0.39 is 11.7 Å². The van der Waals surface area contributed by atoms with Crippen LogP contribution in [0.25, 0.3) is 10.4 Å². The Morgan fingerprint density at radius 3 is 2.31 bits per heavy atom. The summed E-state index contributed by atoms with van der Waals surface area (Å²) < 4.78 is 39.3. The molecule has 0 radical (unpaired) electrons. The first kappa shape index (κ1) is 20.3. The lowest BCUT2D eigenvalue weighted by molar-refractivity contribution is -0.137. The standard InChI is InChI=1S/C22H20ClF3N2S/c23-20-8-6-17(14-19(20)22(24,25)26)28-12-10-27(11-13-28)15-18-7-9-21(29-18)16-4-2-1-3-5-16/h1-9,14H,10-13,15H2. The number of benzene rings is 2. The quantitative estimate of drug-likeness (QED) is 0.466. The van der Waals surface area contributed by atoms with Crippen LogP contribution in [-0.4, -0.2) is 31.1 Å². The maximum atomic E-state index is 13.1. The van der Waals surface area contributed by atoms with E-state index in [1.165, 1.54) is 21.4 Å². The molecule has 0 amide bonds. The number of nitrogens with zero attached hydrogens (tertiary/aromatic N) is 2. The Morgan fingerprint density at radius 1 is 0.897 bits per heavy atom. The van der Waals surface area contributed by atoms with Gasteiger partial charge in [0.05, 0.1) is 10.6 Å². The Morgan fingerprint density at radius 2 is 1.62 bits per heavy atom. The van der Waals surface area contributed by atoms with Crippen LogP contribution >= 0.6 is 22.9 Å². The molecule has 4 rings (SSSR count). The third-order valence-electron chi connectivity index (χ3n) is 5.09. The van der Waals surface area contributed by atoms with Crippen molar-refractivity contribution in [2.45, 2.75) is 12.7 Å². The summed E-state index contributed by atoms with van der Waals surface area (Å²) >= 11 is 7.52. The van der Waals surface area contributed by atoms with Crippen LogP contribution in [0.4, 0.5) is 18.9 Å². The summed E-state index contributed by atoms with van der Waals surface area (Å²) in [6.07, 6.45) is -4.44. The zero-order chi connectivity index (χ0) is 20.4. The van der Waals surface area contributed by atoms with Crippen molar-refractivity contribution in [2.24, 2.45) is 0 Å². The van der Waals surface area contributed by atoms with Crippen LogP contribution < -0.4 is 4.90 Å². The minimum atomic E-state index is -4.44. The number of piperazine rings is 1. The molecule has 152 valence electrons. The van der Waals surface area contributed by atoms with Gasteiger partial charge in [-0.1, -0.05) is 41.9 Å². The van der Waals surface area contributed by atoms with Crippen LogP contribution in [0.2, 0.25) is 5.02 Å². The maximum Gasteiger partial charge on any atom is 0.417 e. The van der Waals surface area contributed by atoms with E-state index in [-0.39, 0.29) is 5.02 Å². The van der Waals surface area contributed by atoms with Crippen molar-refractivity contribution in [2.75, 3.05) is 31.1 Å². The maximum absolute atomic E-state index is 13.1. The zero-order valence-corrected chi connectivity index (χ0v) is 17.2. The minimum absolute atomic E-state index is 0.258. The molecule has 2 nitrogen and oxygen atoms in total. The first-order valence-corrected chi connectivity index (χ1v) is 10.6. The smallest absolute Gasteiger partial charge is 0.369 e. The SMILES string of the molecule is FC(F)(F)c1cc(N2CCN(Cc3ccc(-c4ccccc4)s3)CC2)ccc1Cl. The van der Waals surface area contributed by atoms with Crippen molar-refractivity contribution in [3.05, 3.63) is 76.1 Å². The molecule has 7 heteroatoms. The van der Waals surface area contributed by atoms with Gasteiger partial charge in [-0.2, -0.15) is 13.2 Å². The van der Waals surface area contributed by atoms with Crippen LogP contribution in [-0.2, 0) is 12.7 Å². The van der Waals surface area contributed by atoms with Gasteiger partial charge in [-0.25, -0.2) is 0 Å². The summed E-state index contributed by atoms with van der Waals surface area (Å²) in [6, 6.07) is 18.8. The lowest BCUT2D eigenvalue weighted by Gasteiger charge is -2.36. The Balaban J connectivity index is 1.37. The van der Waals surface area contributed by atoms with Gasteiger partial charge in [-0.15, -0.1) is 11.3 Å². The molecular formula is C22H20ClF3N2S. The van der Waals surface area contributed by atoms with E-state index in [0.29, 0.717) is 18.8 Å². The molecule has 1 fully saturated rings. The van der Waals surface area contributed by atoms with E-state index in [4.69, 9.17) is 11.6 Å². The molecule has 0 spiro atoms. The topological polar surface area (TPSA) is 6.48 Å². The molecule has 0 unspecified atom stereocenters. The van der Waals surface area contributed by atoms with E-state index in [1.54, 1.807) is 17.4 Å². The van der Waals surface area contributed by atoms with E-state index in [9.17, 15) is 13.2 Å². The second kappa shape index (κ2) is 8.38. The molecule has 1 aliphatic rings. The molecule has 0 bridgehead atoms. The van der Waals surface area contributed by atoms with Crippen LogP contribution in [0.3, 0.4) is 0 Å². The van der Waals surface area contributed by atoms with Gasteiger partial charge in [-0.3, -0.25) is 4.90 Å². The van der Waals surface area contributed by atoms with Gasteiger partial charge >= 0.3 is 6.18 Å². The molecule has 1 aromatic heterocycles. The van der Waals surface area contributed by atoms with Crippen molar-refractivity contribution < 1.29 is 13.2 Å². The summed E-state index contributed by atoms with van der Waals surface area (Å²) in [4.78, 5) is 6.88. The van der Waals surface area contributed by atoms with Crippen molar-refractivity contribution in [3.63, 3.8) is 0 Å². The molecule has 2 aromatic carbocycles. The fourth-order valence-electron chi connectivity index (χ4n) is 3.53. The molecule has 0 aliphatic carbocycles. The Bertz CT molecular complexity index is 964. The highest BCUT2D eigenvalue weighted by Gasteiger charge is 2.34. The van der Waals surface area contributed by atoms with Crippen molar-refractivity contribution >= 4 is 28.6 Å². The number of anilines is 1. The highest BCUT2D eigenvalue weighted by atomic mass is 35.5. The lowest BCUT2D eigenvalue weighted by Crippen LogP contribution is -2.45. The molecular weight excluding hydrogens is 417 g/mol. The van der Waals surface area contributed by atoms with Gasteiger partial charge in [0.2, 0.25) is 0 Å². The fourth-order valence-corrected chi connectivity index (χ4v) is 4.81. The number of halogens is 4. The predicted molar refractivity (Wildman–Crippen MR) is 114 cm³/mol. The summed E-state index contributed by atoms with van der Waals surface area (Å²) in [5.41, 5.74) is 1.02. The monoisotopic (exact) mass is 436 g/mol.